The summed E-state index contributed by atoms with van der Waals surface area (Å²) in [6.45, 7) is 4.99. The Labute approximate surface area is 387 Å². The van der Waals surface area contributed by atoms with Gasteiger partial charge in [0.1, 0.15) is 24.4 Å². The molecular formula is C50H99NO8. The van der Waals surface area contributed by atoms with E-state index < -0.39 is 61.5 Å². The van der Waals surface area contributed by atoms with Crippen molar-refractivity contribution in [3.63, 3.8) is 0 Å². The Hall–Kier alpha value is -6.09. The Kier molecular flexibility index (Phi) is 30.3. The normalized spacial score (nSPS) is 17.9. The van der Waals surface area contributed by atoms with Crippen LogP contribution in [0.1, 0.15) is 138 Å². The Balaban J connectivity index is -0.0000000659. The largest absolute Gasteiger partial charge is 0.390 e. The van der Waals surface area contributed by atoms with Crippen molar-refractivity contribution < 1.29 is 74.0 Å². The zero-order valence-electron chi connectivity index (χ0n) is 34.0. The lowest BCUT2D eigenvalue weighted by Gasteiger charge is -2.39. The van der Waals surface area contributed by atoms with Gasteiger partial charge in [0.25, 0.3) is 5.91 Å². The molecule has 1 aliphatic heterocycles. The van der Waals surface area contributed by atoms with Crippen LogP contribution in [0.4, 0.5) is 0 Å². The van der Waals surface area contributed by atoms with Crippen LogP contribution < -0.4 is 5.32 Å². The number of unbranched alkanes of at least 4 members (excludes halogenated alkanes) is 11. The van der Waals surface area contributed by atoms with Crippen LogP contribution in [0.2, 0.25) is 0 Å². The number of rotatable bonds is 19. The number of amides is 1. The number of aliphatic hydroxyl groups excluding tert-OH is 5. The molecule has 6 N–H and O–H groups in total. The zero-order chi connectivity index (χ0) is 43.2. The van der Waals surface area contributed by atoms with Crippen molar-refractivity contribution in [3.8, 4) is 142 Å². The van der Waals surface area contributed by atoms with E-state index in [1.807, 2.05) is 0 Å². The second kappa shape index (κ2) is 35.1. The van der Waals surface area contributed by atoms with Crippen LogP contribution >= 0.6 is 0 Å². The van der Waals surface area contributed by atoms with Gasteiger partial charge < -0.3 is 40.3 Å². The summed E-state index contributed by atoms with van der Waals surface area (Å²) in [4.78, 5) is 12.7. The Morgan fingerprint density at radius 3 is 1.41 bits per heavy atom. The fourth-order valence-electron chi connectivity index (χ4n) is 5.19. The first-order valence-electron chi connectivity index (χ1n) is 19.6. The quantitative estimate of drug-likeness (QED) is 0.0565. The summed E-state index contributed by atoms with van der Waals surface area (Å²) in [6, 6.07) is -1.17. The summed E-state index contributed by atoms with van der Waals surface area (Å²) in [5.41, 5.74) is 0. The molecule has 9 nitrogen and oxygen atoms in total. The zero-order valence-corrected chi connectivity index (χ0v) is 34.0. The Morgan fingerprint density at radius 1 is 0.593 bits per heavy atom. The highest BCUT2D eigenvalue weighted by Gasteiger charge is 2.43. The number of carbonyl (C=O) groups excluding carboxylic acids is 1. The van der Waals surface area contributed by atoms with Crippen LogP contribution in [0.15, 0.2) is 0 Å². The third-order valence-electron chi connectivity index (χ3n) is 8.34. The topological polar surface area (TPSA) is 149 Å². The van der Waals surface area contributed by atoms with Crippen LogP contribution in [-0.4, -0.2) is 87.0 Å². The summed E-state index contributed by atoms with van der Waals surface area (Å²) in [7, 11) is 0. The molecule has 8 atom stereocenters. The number of ether oxygens (including phenoxy) is 2. The molecule has 0 spiro atoms. The summed E-state index contributed by atoms with van der Waals surface area (Å²) >= 11 is 0. The van der Waals surface area contributed by atoms with E-state index in [0.29, 0.717) is 12.8 Å². The van der Waals surface area contributed by atoms with E-state index in [1.54, 1.807) is 6.92 Å². The van der Waals surface area contributed by atoms with Crippen molar-refractivity contribution in [2.75, 3.05) is 6.61 Å². The van der Waals surface area contributed by atoms with Gasteiger partial charge in [-0.05, 0) is 115 Å². The minimum atomic E-state index is -1.59. The number of hydrogen-bond acceptors (Lipinski definition) is 8. The van der Waals surface area contributed by atoms with Crippen LogP contribution in [0.25, 0.3) is 0 Å². The van der Waals surface area contributed by atoms with E-state index in [-0.39, 0.29) is 34.2 Å². The number of hydrogen-bond donors (Lipinski definition) is 6. The van der Waals surface area contributed by atoms with E-state index in [0.717, 1.165) is 19.3 Å². The lowest BCUT2D eigenvalue weighted by Crippen LogP contribution is -2.58. The van der Waals surface area contributed by atoms with Gasteiger partial charge in [0, 0.05) is 75.7 Å². The Morgan fingerprint density at radius 2 is 0.983 bits per heavy atom. The van der Waals surface area contributed by atoms with Crippen LogP contribution in [-0.2, 0) is 14.3 Å². The van der Waals surface area contributed by atoms with Gasteiger partial charge in [0.05, 0.1) is 24.9 Å². The second-order valence-corrected chi connectivity index (χ2v) is 13.0. The standard InChI is InChI=1S/C50H51NO8.24H2/c1-4-6-8-10-12-14-16-18-19-20-21-22-23-24-25-26-27-28-30-32-34-36-38-40-45(53)51-43(41-58-50-49(57)48(56)46(54)42(3)59-50)47(55)44(52)39-37-35-33-31-29-17-15-13-11-9-7-5-2;;;;;;;;;;;;;;;;;;;;;;;;/h42-44,46-50,52,54-57H,5,7,9,11,13,15,17,29,31,33,35,37,39,41H2,1-3H3,(H,51,53);24*1H/t42-,43-,44+,46+,47-,48?,49?,50+;;;;;;;;;;;;;;;;;;;;;;;;/m0......................../s1. The third kappa shape index (κ3) is 26.5. The lowest BCUT2D eigenvalue weighted by atomic mass is 9.98. The number of carbonyl (C=O) groups is 1. The molecule has 59 heavy (non-hydrogen) atoms. The molecule has 0 aromatic rings. The maximum atomic E-state index is 12.7. The maximum absolute atomic E-state index is 12.7. The molecule has 352 valence electrons. The molecule has 0 aromatic heterocycles. The molecule has 1 aliphatic rings. The molecule has 1 rings (SSSR count). The molecule has 0 bridgehead atoms. The molecule has 1 amide bonds. The van der Waals surface area contributed by atoms with Gasteiger partial charge >= 0.3 is 0 Å². The monoisotopic (exact) mass is 842 g/mol. The first kappa shape index (κ1) is 50.9. The smallest absolute Gasteiger partial charge is 0.297 e. The fourth-order valence-corrected chi connectivity index (χ4v) is 5.19. The van der Waals surface area contributed by atoms with Gasteiger partial charge in [0.2, 0.25) is 0 Å². The molecule has 9 heteroatoms. The Bertz CT molecular complexity index is 2190. The average Bonchev–Trinajstić information content (AvgIpc) is 3.23. The van der Waals surface area contributed by atoms with Crippen molar-refractivity contribution in [1.82, 2.24) is 5.32 Å². The lowest BCUT2D eigenvalue weighted by molar-refractivity contribution is -0.295. The van der Waals surface area contributed by atoms with E-state index in [2.05, 4.69) is 154 Å². The number of aliphatic hydroxyl groups is 5. The molecule has 1 saturated heterocycles. The first-order valence-corrected chi connectivity index (χ1v) is 19.6. The summed E-state index contributed by atoms with van der Waals surface area (Å²) < 4.78 is 11.1. The fraction of sp³-hybridized carbons (Fsp3) is 0.500. The van der Waals surface area contributed by atoms with Gasteiger partial charge in [-0.25, -0.2) is 0 Å². The SMILES string of the molecule is CC#CC#CC#CC#CC#CC#CC#CC#CC#CC#CC#CC#CC(=O)N[C@@H](CO[C@@H]1O[C@@H](C)[C@@H](O)C(O)C1O)[C@H](O)[C@H](O)CCCCCCCCCCCCCC.[HH].[HH].[HH].[HH].[HH].[HH].[HH].[HH].[HH].[HH].[HH].[HH].[HH].[HH].[HH].[HH].[HH].[HH].[HH].[HH].[HH].[HH].[HH].[HH]. The van der Waals surface area contributed by atoms with Gasteiger partial charge in [-0.15, -0.1) is 0 Å². The van der Waals surface area contributed by atoms with E-state index in [4.69, 9.17) is 9.47 Å². The van der Waals surface area contributed by atoms with Gasteiger partial charge in [-0.3, -0.25) is 4.79 Å². The highest BCUT2D eigenvalue weighted by atomic mass is 16.7. The number of nitrogens with one attached hydrogen (secondary N) is 1. The van der Waals surface area contributed by atoms with E-state index in [9.17, 15) is 30.3 Å². The molecule has 1 fully saturated rings. The van der Waals surface area contributed by atoms with Crippen molar-refractivity contribution in [3.05, 3.63) is 0 Å². The van der Waals surface area contributed by atoms with Crippen molar-refractivity contribution in [1.29, 1.82) is 0 Å². The predicted molar refractivity (Wildman–Crippen MR) is 278 cm³/mol. The minimum absolute atomic E-state index is 0. The first-order chi connectivity index (χ1) is 28.7. The molecule has 0 aliphatic carbocycles. The molecular weight excluding hydrogens is 743 g/mol. The summed E-state index contributed by atoms with van der Waals surface area (Å²) in [5, 5.41) is 54.8. The third-order valence-corrected chi connectivity index (χ3v) is 8.34. The van der Waals surface area contributed by atoms with Crippen molar-refractivity contribution in [2.45, 2.75) is 153 Å². The average molecular weight is 842 g/mol. The molecule has 1 heterocycles. The highest BCUT2D eigenvalue weighted by molar-refractivity contribution is 5.94. The summed E-state index contributed by atoms with van der Waals surface area (Å²) in [5.74, 6) is 58.6. The van der Waals surface area contributed by atoms with Crippen molar-refractivity contribution >= 4 is 5.91 Å². The van der Waals surface area contributed by atoms with E-state index in [1.165, 1.54) is 58.3 Å². The second-order valence-electron chi connectivity index (χ2n) is 13.0. The van der Waals surface area contributed by atoms with Crippen LogP contribution in [0.3, 0.4) is 0 Å². The van der Waals surface area contributed by atoms with Gasteiger partial charge in [-0.2, -0.15) is 0 Å². The van der Waals surface area contributed by atoms with Crippen molar-refractivity contribution in [2.24, 2.45) is 0 Å². The predicted octanol–water partition coefficient (Wildman–Crippen LogP) is 8.09. The van der Waals surface area contributed by atoms with Crippen LogP contribution in [0.5, 0.6) is 0 Å². The summed E-state index contributed by atoms with van der Waals surface area (Å²) in [6.07, 6.45) is 4.82. The van der Waals surface area contributed by atoms with Crippen LogP contribution in [0, 0.1) is 142 Å². The molecule has 0 radical (unpaired) electrons. The maximum Gasteiger partial charge on any atom is 0.297 e. The molecule has 0 saturated carbocycles. The molecule has 2 unspecified atom stereocenters. The molecule has 0 aromatic carbocycles. The van der Waals surface area contributed by atoms with Gasteiger partial charge in [0.15, 0.2) is 6.29 Å². The van der Waals surface area contributed by atoms with Gasteiger partial charge in [-0.1, -0.05) is 89.9 Å². The minimum Gasteiger partial charge on any atom is -0.390 e. The highest BCUT2D eigenvalue weighted by Crippen LogP contribution is 2.22. The van der Waals surface area contributed by atoms with E-state index >= 15 is 0 Å².